The second-order valence-electron chi connectivity index (χ2n) is 18.9. The van der Waals surface area contributed by atoms with Crippen LogP contribution in [0.5, 0.6) is 5.75 Å². The fourth-order valence-corrected chi connectivity index (χ4v) is 8.29. The lowest BCUT2D eigenvalue weighted by atomic mass is 9.92. The van der Waals surface area contributed by atoms with E-state index in [0.717, 1.165) is 4.90 Å². The summed E-state index contributed by atoms with van der Waals surface area (Å²) in [6.45, 7) is 15.7. The largest absolute Gasteiger partial charge is 0.497 e. The molecular formula is C47H74N6O13. The summed E-state index contributed by atoms with van der Waals surface area (Å²) in [7, 11) is 4.13. The summed E-state index contributed by atoms with van der Waals surface area (Å²) in [4.78, 5) is 115. The normalized spacial score (nSPS) is 26.4. The SMILES string of the molecule is CC[C@H](C)[C@H]1NC(=O)[C@@H](NC(=O)C(CC(C)C)N(C)C(=O)O)[C@@H](C)OC(=O)[C@H](Cc2ccc(OC)cc2)N(C)C(=O)[C@@H]2CCCN2C(=O)[C@H](CC(C)C)NC(=O)[C@H](C(C)C)OC(=O)C[C@@H]1O. The molecule has 1 aromatic rings. The maximum atomic E-state index is 14.7. The van der Waals surface area contributed by atoms with Gasteiger partial charge in [-0.3, -0.25) is 33.7 Å². The third-order valence-electron chi connectivity index (χ3n) is 12.4. The lowest BCUT2D eigenvalue weighted by molar-refractivity contribution is -0.162. The van der Waals surface area contributed by atoms with Gasteiger partial charge in [-0.05, 0) is 74.0 Å². The molecule has 2 aliphatic heterocycles. The molecule has 0 aliphatic carbocycles. The maximum absolute atomic E-state index is 14.7. The van der Waals surface area contributed by atoms with E-state index in [9.17, 15) is 48.6 Å². The summed E-state index contributed by atoms with van der Waals surface area (Å²) in [5.41, 5.74) is 0.604. The number of esters is 2. The number of ether oxygens (including phenoxy) is 3. The topological polar surface area (TPSA) is 251 Å². The van der Waals surface area contributed by atoms with Gasteiger partial charge in [0.25, 0.3) is 5.91 Å². The molecule has 10 atom stereocenters. The van der Waals surface area contributed by atoms with Crippen molar-refractivity contribution >= 4 is 47.6 Å². The first-order chi connectivity index (χ1) is 30.9. The van der Waals surface area contributed by atoms with Crippen molar-refractivity contribution in [3.8, 4) is 5.75 Å². The molecule has 3 rings (SSSR count). The van der Waals surface area contributed by atoms with Crippen molar-refractivity contribution in [3.63, 3.8) is 0 Å². The van der Waals surface area contributed by atoms with Gasteiger partial charge in [0.05, 0.1) is 25.7 Å². The van der Waals surface area contributed by atoms with Gasteiger partial charge in [-0.1, -0.05) is 73.9 Å². The number of carbonyl (C=O) groups excluding carboxylic acids is 7. The first kappa shape index (κ1) is 54.9. The van der Waals surface area contributed by atoms with Crippen LogP contribution in [-0.2, 0) is 49.5 Å². The van der Waals surface area contributed by atoms with Gasteiger partial charge in [-0.2, -0.15) is 0 Å². The molecule has 0 saturated carbocycles. The molecule has 0 spiro atoms. The Bertz CT molecular complexity index is 1860. The third-order valence-corrected chi connectivity index (χ3v) is 12.4. The molecule has 0 aromatic heterocycles. The summed E-state index contributed by atoms with van der Waals surface area (Å²) < 4.78 is 17.0. The molecule has 66 heavy (non-hydrogen) atoms. The molecule has 370 valence electrons. The number of carboxylic acid groups (broad SMARTS) is 1. The van der Waals surface area contributed by atoms with Crippen molar-refractivity contribution < 1.29 is 62.8 Å². The van der Waals surface area contributed by atoms with Crippen LogP contribution in [0.3, 0.4) is 0 Å². The van der Waals surface area contributed by atoms with Crippen LogP contribution in [0.15, 0.2) is 24.3 Å². The zero-order valence-corrected chi connectivity index (χ0v) is 40.7. The third kappa shape index (κ3) is 14.8. The Labute approximate surface area is 389 Å². The number of methoxy groups -OCH3 is 1. The fourth-order valence-electron chi connectivity index (χ4n) is 8.29. The van der Waals surface area contributed by atoms with Gasteiger partial charge in [0.1, 0.15) is 42.1 Å². The molecule has 19 heteroatoms. The summed E-state index contributed by atoms with van der Waals surface area (Å²) in [5.74, 6) is -6.36. The van der Waals surface area contributed by atoms with Crippen LogP contribution in [0, 0.1) is 23.7 Å². The van der Waals surface area contributed by atoms with E-state index in [4.69, 9.17) is 14.2 Å². The van der Waals surface area contributed by atoms with E-state index in [-0.39, 0.29) is 44.1 Å². The standard InChI is InChI=1S/C47H74N6O13/c1-13-28(8)38-36(54)24-37(55)66-40(27(6)7)43(58)48-32(21-25(2)3)44(59)53-20-14-15-33(53)45(60)51(10)35(23-30-16-18-31(64-12)19-17-30)46(61)65-29(9)39(42(57)49-38)50-41(56)34(22-26(4)5)52(11)47(62)63/h16-19,25-29,32-36,38-40,54H,13-15,20-24H2,1-12H3,(H,48,58)(H,49,57)(H,50,56)(H,62,63)/t28-,29+,32-,33-,34?,35-,36-,38+,39-,40-/m0/s1. The molecular weight excluding hydrogens is 857 g/mol. The van der Waals surface area contributed by atoms with Crippen molar-refractivity contribution in [2.75, 3.05) is 27.7 Å². The van der Waals surface area contributed by atoms with Gasteiger partial charge >= 0.3 is 18.0 Å². The molecule has 19 nitrogen and oxygen atoms in total. The highest BCUT2D eigenvalue weighted by atomic mass is 16.6. The fraction of sp³-hybridized carbons (Fsp3) is 0.702. The van der Waals surface area contributed by atoms with E-state index in [1.54, 1.807) is 65.8 Å². The van der Waals surface area contributed by atoms with E-state index >= 15 is 0 Å². The number of benzene rings is 1. The predicted molar refractivity (Wildman–Crippen MR) is 243 cm³/mol. The quantitative estimate of drug-likeness (QED) is 0.179. The van der Waals surface area contributed by atoms with Gasteiger partial charge in [-0.25, -0.2) is 9.59 Å². The number of carbonyl (C=O) groups is 8. The number of fused-ring (bicyclic) bond motifs is 1. The number of aliphatic hydroxyl groups is 1. The van der Waals surface area contributed by atoms with Crippen LogP contribution in [-0.4, -0.2) is 155 Å². The summed E-state index contributed by atoms with van der Waals surface area (Å²) in [5, 5.41) is 29.6. The molecule has 1 aromatic carbocycles. The first-order valence-electron chi connectivity index (χ1n) is 23.1. The number of aliphatic hydroxyl groups excluding tert-OH is 1. The lowest BCUT2D eigenvalue weighted by Crippen LogP contribution is -2.61. The van der Waals surface area contributed by atoms with E-state index < -0.39 is 120 Å². The molecule has 2 aliphatic rings. The van der Waals surface area contributed by atoms with Gasteiger partial charge in [0, 0.05) is 27.1 Å². The molecule has 1 unspecified atom stereocenters. The van der Waals surface area contributed by atoms with Gasteiger partial charge in [0.2, 0.25) is 23.6 Å². The Morgan fingerprint density at radius 3 is 2.12 bits per heavy atom. The number of nitrogens with one attached hydrogen (secondary N) is 3. The highest BCUT2D eigenvalue weighted by Crippen LogP contribution is 2.26. The highest BCUT2D eigenvalue weighted by Gasteiger charge is 2.44. The molecule has 2 fully saturated rings. The minimum Gasteiger partial charge on any atom is -0.497 e. The van der Waals surface area contributed by atoms with E-state index in [2.05, 4.69) is 16.0 Å². The second kappa shape index (κ2) is 24.9. The van der Waals surface area contributed by atoms with E-state index in [1.165, 1.54) is 37.9 Å². The summed E-state index contributed by atoms with van der Waals surface area (Å²) in [6.07, 6.45) is -5.24. The first-order valence-corrected chi connectivity index (χ1v) is 23.1. The molecule has 6 amide bonds. The number of rotatable bonds is 13. The van der Waals surface area contributed by atoms with Crippen molar-refractivity contribution in [1.29, 1.82) is 0 Å². The smallest absolute Gasteiger partial charge is 0.407 e. The average molecular weight is 931 g/mol. The van der Waals surface area contributed by atoms with Crippen LogP contribution < -0.4 is 20.7 Å². The van der Waals surface area contributed by atoms with Crippen LogP contribution in [0.25, 0.3) is 0 Å². The molecule has 0 radical (unpaired) electrons. The number of amides is 6. The van der Waals surface area contributed by atoms with Crippen LogP contribution >= 0.6 is 0 Å². The van der Waals surface area contributed by atoms with Gasteiger partial charge in [0.15, 0.2) is 6.10 Å². The Kier molecular flexibility index (Phi) is 20.7. The minimum atomic E-state index is -1.70. The Morgan fingerprint density at radius 2 is 1.58 bits per heavy atom. The number of likely N-dealkylation sites (N-methyl/N-ethyl adjacent to an activating group) is 2. The number of nitrogens with zero attached hydrogens (tertiary/aromatic N) is 3. The van der Waals surface area contributed by atoms with E-state index in [0.29, 0.717) is 24.2 Å². The number of hydrogen-bond donors (Lipinski definition) is 5. The second-order valence-corrected chi connectivity index (χ2v) is 18.9. The summed E-state index contributed by atoms with van der Waals surface area (Å²) in [6, 6.07) is -0.830. The predicted octanol–water partition coefficient (Wildman–Crippen LogP) is 2.89. The zero-order chi connectivity index (χ0) is 49.7. The van der Waals surface area contributed by atoms with Crippen LogP contribution in [0.4, 0.5) is 4.79 Å². The number of hydrogen-bond acceptors (Lipinski definition) is 12. The summed E-state index contributed by atoms with van der Waals surface area (Å²) >= 11 is 0. The molecule has 2 heterocycles. The average Bonchev–Trinajstić information content (AvgIpc) is 3.75. The van der Waals surface area contributed by atoms with Gasteiger partial charge < -0.3 is 50.2 Å². The van der Waals surface area contributed by atoms with Crippen LogP contribution in [0.2, 0.25) is 0 Å². The van der Waals surface area contributed by atoms with Crippen molar-refractivity contribution in [2.45, 2.75) is 162 Å². The monoisotopic (exact) mass is 931 g/mol. The Hall–Kier alpha value is -5.46. The minimum absolute atomic E-state index is 0.0681. The number of cyclic esters (lactones) is 2. The van der Waals surface area contributed by atoms with Gasteiger partial charge in [-0.15, -0.1) is 0 Å². The van der Waals surface area contributed by atoms with Crippen molar-refractivity contribution in [1.82, 2.24) is 30.7 Å². The zero-order valence-electron chi connectivity index (χ0n) is 40.7. The molecule has 2 saturated heterocycles. The van der Waals surface area contributed by atoms with Crippen molar-refractivity contribution in [2.24, 2.45) is 23.7 Å². The lowest BCUT2D eigenvalue weighted by Gasteiger charge is -2.35. The molecule has 5 N–H and O–H groups in total. The highest BCUT2D eigenvalue weighted by molar-refractivity contribution is 5.95. The maximum Gasteiger partial charge on any atom is 0.407 e. The van der Waals surface area contributed by atoms with Crippen LogP contribution in [0.1, 0.15) is 106 Å². The Morgan fingerprint density at radius 1 is 0.939 bits per heavy atom. The van der Waals surface area contributed by atoms with Crippen molar-refractivity contribution in [3.05, 3.63) is 29.8 Å². The Balaban J connectivity index is 2.25. The molecule has 0 bridgehead atoms. The van der Waals surface area contributed by atoms with E-state index in [1.807, 2.05) is 13.8 Å².